The summed E-state index contributed by atoms with van der Waals surface area (Å²) in [6, 6.07) is 18.5. The van der Waals surface area contributed by atoms with E-state index in [2.05, 4.69) is 10.6 Å². The molecule has 4 rings (SSSR count). The Hall–Kier alpha value is -2.80. The summed E-state index contributed by atoms with van der Waals surface area (Å²) in [7, 11) is 0. The molecule has 2 atom stereocenters. The Morgan fingerprint density at radius 3 is 2.10 bits per heavy atom. The van der Waals surface area contributed by atoms with E-state index in [4.69, 9.17) is 0 Å². The van der Waals surface area contributed by atoms with Gasteiger partial charge in [0, 0.05) is 0 Å². The number of thioether (sulfide) groups is 1. The molecule has 156 valence electrons. The third kappa shape index (κ3) is 4.51. The molecule has 1 saturated heterocycles. The zero-order valence-electron chi connectivity index (χ0n) is 16.6. The normalized spacial score (nSPS) is 21.7. The van der Waals surface area contributed by atoms with Crippen LogP contribution in [0.5, 0.6) is 0 Å². The fraction of sp³-hybridized carbons (Fsp3) is 0.348. The second-order valence-electron chi connectivity index (χ2n) is 7.65. The number of amides is 4. The topological polar surface area (TPSA) is 78.5 Å². The molecule has 2 aromatic rings. The van der Waals surface area contributed by atoms with E-state index >= 15 is 0 Å². The maximum atomic E-state index is 13.0. The molecule has 2 N–H and O–H groups in total. The van der Waals surface area contributed by atoms with Crippen molar-refractivity contribution in [3.05, 3.63) is 71.8 Å². The van der Waals surface area contributed by atoms with Crippen LogP contribution in [-0.2, 0) is 4.79 Å². The third-order valence-corrected chi connectivity index (χ3v) is 6.54. The van der Waals surface area contributed by atoms with Crippen LogP contribution in [0.3, 0.4) is 0 Å². The Morgan fingerprint density at radius 2 is 1.53 bits per heavy atom. The van der Waals surface area contributed by atoms with Gasteiger partial charge in [0.25, 0.3) is 5.24 Å². The summed E-state index contributed by atoms with van der Waals surface area (Å²) >= 11 is 1.04. The van der Waals surface area contributed by atoms with E-state index in [1.807, 2.05) is 60.7 Å². The number of rotatable bonds is 5. The molecular weight excluding hydrogens is 398 g/mol. The van der Waals surface area contributed by atoms with E-state index in [9.17, 15) is 14.4 Å². The summed E-state index contributed by atoms with van der Waals surface area (Å²) in [4.78, 5) is 38.8. The quantitative estimate of drug-likeness (QED) is 0.760. The summed E-state index contributed by atoms with van der Waals surface area (Å²) in [6.07, 6.45) is 3.39. The second kappa shape index (κ2) is 9.34. The highest BCUT2D eigenvalue weighted by atomic mass is 32.2. The lowest BCUT2D eigenvalue weighted by atomic mass is 9.89. The van der Waals surface area contributed by atoms with Crippen molar-refractivity contribution in [2.75, 3.05) is 5.75 Å². The fourth-order valence-corrected chi connectivity index (χ4v) is 5.03. The zero-order valence-corrected chi connectivity index (χ0v) is 17.4. The van der Waals surface area contributed by atoms with E-state index in [1.165, 1.54) is 4.90 Å². The van der Waals surface area contributed by atoms with Crippen molar-refractivity contribution in [1.29, 1.82) is 0 Å². The van der Waals surface area contributed by atoms with Crippen LogP contribution in [0.25, 0.3) is 0 Å². The summed E-state index contributed by atoms with van der Waals surface area (Å²) in [5, 5.41) is 5.94. The van der Waals surface area contributed by atoms with Crippen molar-refractivity contribution in [1.82, 2.24) is 15.5 Å². The molecule has 1 saturated carbocycles. The van der Waals surface area contributed by atoms with Crippen LogP contribution in [0, 0.1) is 0 Å². The SMILES string of the molecule is O=C(NC(c1ccccc1)c1ccccc1)NC1CCCCC1N1C(=O)CSC1=O. The minimum Gasteiger partial charge on any atom is -0.333 e. The highest BCUT2D eigenvalue weighted by Crippen LogP contribution is 2.30. The van der Waals surface area contributed by atoms with E-state index in [0.29, 0.717) is 0 Å². The highest BCUT2D eigenvalue weighted by molar-refractivity contribution is 8.14. The molecule has 0 bridgehead atoms. The van der Waals surface area contributed by atoms with Crippen molar-refractivity contribution in [3.63, 3.8) is 0 Å². The number of hydrogen-bond donors (Lipinski definition) is 2. The van der Waals surface area contributed by atoms with Gasteiger partial charge in [0.15, 0.2) is 0 Å². The van der Waals surface area contributed by atoms with E-state index < -0.39 is 0 Å². The average Bonchev–Trinajstić information content (AvgIpc) is 3.11. The summed E-state index contributed by atoms with van der Waals surface area (Å²) in [5.41, 5.74) is 1.97. The van der Waals surface area contributed by atoms with Crippen molar-refractivity contribution in [2.24, 2.45) is 0 Å². The number of carbonyl (C=O) groups is 3. The molecule has 2 aromatic carbocycles. The van der Waals surface area contributed by atoms with Gasteiger partial charge in [-0.2, -0.15) is 0 Å². The van der Waals surface area contributed by atoms with Gasteiger partial charge in [-0.25, -0.2) is 4.79 Å². The third-order valence-electron chi connectivity index (χ3n) is 5.70. The van der Waals surface area contributed by atoms with Crippen LogP contribution in [0.1, 0.15) is 42.9 Å². The van der Waals surface area contributed by atoms with Gasteiger partial charge in [-0.15, -0.1) is 0 Å². The van der Waals surface area contributed by atoms with Gasteiger partial charge in [-0.05, 0) is 24.0 Å². The molecule has 30 heavy (non-hydrogen) atoms. The first-order valence-electron chi connectivity index (χ1n) is 10.3. The zero-order chi connectivity index (χ0) is 20.9. The van der Waals surface area contributed by atoms with E-state index in [-0.39, 0.29) is 41.1 Å². The first kappa shape index (κ1) is 20.5. The van der Waals surface area contributed by atoms with Crippen LogP contribution >= 0.6 is 11.8 Å². The molecule has 2 fully saturated rings. The Bertz CT molecular complexity index is 851. The van der Waals surface area contributed by atoms with Crippen molar-refractivity contribution < 1.29 is 14.4 Å². The first-order valence-corrected chi connectivity index (χ1v) is 11.3. The second-order valence-corrected chi connectivity index (χ2v) is 8.58. The van der Waals surface area contributed by atoms with Gasteiger partial charge >= 0.3 is 6.03 Å². The standard InChI is InChI=1S/C23H25N3O3S/c27-20-15-30-23(29)26(20)19-14-8-7-13-18(19)24-22(28)25-21(16-9-3-1-4-10-16)17-11-5-2-6-12-17/h1-6,9-12,18-19,21H,7-8,13-15H2,(H2,24,25,28). The minimum atomic E-state index is -0.295. The van der Waals surface area contributed by atoms with E-state index in [0.717, 1.165) is 48.6 Å². The Labute approximate surface area is 180 Å². The molecule has 2 unspecified atom stereocenters. The summed E-state index contributed by atoms with van der Waals surface area (Å²) in [6.45, 7) is 0. The van der Waals surface area contributed by atoms with Gasteiger partial charge in [0.1, 0.15) is 0 Å². The predicted octanol–water partition coefficient (Wildman–Crippen LogP) is 4.08. The molecule has 6 nitrogen and oxygen atoms in total. The number of urea groups is 1. The molecule has 1 heterocycles. The molecule has 0 spiro atoms. The maximum Gasteiger partial charge on any atom is 0.315 e. The summed E-state index contributed by atoms with van der Waals surface area (Å²) < 4.78 is 0. The van der Waals surface area contributed by atoms with Gasteiger partial charge in [0.2, 0.25) is 5.91 Å². The molecule has 4 amide bonds. The van der Waals surface area contributed by atoms with Crippen molar-refractivity contribution in [3.8, 4) is 0 Å². The van der Waals surface area contributed by atoms with Gasteiger partial charge < -0.3 is 10.6 Å². The minimum absolute atomic E-state index is 0.157. The van der Waals surface area contributed by atoms with Crippen LogP contribution in [0.15, 0.2) is 60.7 Å². The molecule has 7 heteroatoms. The number of carbonyl (C=O) groups excluding carboxylic acids is 3. The number of benzene rings is 2. The van der Waals surface area contributed by atoms with Crippen molar-refractivity contribution >= 4 is 28.9 Å². The van der Waals surface area contributed by atoms with Gasteiger partial charge in [0.05, 0.1) is 23.9 Å². The molecular formula is C23H25N3O3S. The molecule has 1 aliphatic heterocycles. The lowest BCUT2D eigenvalue weighted by molar-refractivity contribution is -0.127. The van der Waals surface area contributed by atoms with Gasteiger partial charge in [-0.3, -0.25) is 14.5 Å². The fourth-order valence-electron chi connectivity index (χ4n) is 4.26. The highest BCUT2D eigenvalue weighted by Gasteiger charge is 2.41. The van der Waals surface area contributed by atoms with Crippen LogP contribution < -0.4 is 10.6 Å². The van der Waals surface area contributed by atoms with Gasteiger partial charge in [-0.1, -0.05) is 85.3 Å². The first-order chi connectivity index (χ1) is 14.6. The largest absolute Gasteiger partial charge is 0.333 e. The Morgan fingerprint density at radius 1 is 0.933 bits per heavy atom. The molecule has 0 aromatic heterocycles. The number of nitrogens with one attached hydrogen (secondary N) is 2. The number of hydrogen-bond acceptors (Lipinski definition) is 4. The smallest absolute Gasteiger partial charge is 0.315 e. The summed E-state index contributed by atoms with van der Waals surface area (Å²) in [5.74, 6) is 0.0359. The van der Waals surface area contributed by atoms with Crippen molar-refractivity contribution in [2.45, 2.75) is 43.8 Å². The Balaban J connectivity index is 1.50. The number of nitrogens with zero attached hydrogens (tertiary/aromatic N) is 1. The number of imide groups is 1. The monoisotopic (exact) mass is 423 g/mol. The average molecular weight is 424 g/mol. The molecule has 1 aliphatic carbocycles. The van der Waals surface area contributed by atoms with E-state index in [1.54, 1.807) is 0 Å². The Kier molecular flexibility index (Phi) is 6.38. The molecule has 0 radical (unpaired) electrons. The maximum absolute atomic E-state index is 13.0. The molecule has 2 aliphatic rings. The van der Waals surface area contributed by atoms with Crippen LogP contribution in [-0.4, -0.2) is 39.9 Å². The lowest BCUT2D eigenvalue weighted by Crippen LogP contribution is -2.56. The lowest BCUT2D eigenvalue weighted by Gasteiger charge is -2.37. The van der Waals surface area contributed by atoms with Crippen LogP contribution in [0.2, 0.25) is 0 Å². The van der Waals surface area contributed by atoms with Crippen LogP contribution in [0.4, 0.5) is 9.59 Å². The predicted molar refractivity (Wildman–Crippen MR) is 117 cm³/mol.